The van der Waals surface area contributed by atoms with E-state index in [1.807, 2.05) is 43.3 Å². The molecular weight excluding hydrogens is 371 g/mol. The Morgan fingerprint density at radius 3 is 2.58 bits per heavy atom. The molecule has 0 aliphatic rings. The van der Waals surface area contributed by atoms with Gasteiger partial charge in [0.25, 0.3) is 0 Å². The molecule has 0 fully saturated rings. The number of pyridine rings is 1. The number of benzene rings is 1. The van der Waals surface area contributed by atoms with Crippen molar-refractivity contribution in [2.24, 2.45) is 0 Å². The maximum Gasteiger partial charge on any atom is 0.420 e. The van der Waals surface area contributed by atoms with Crippen LogP contribution in [-0.4, -0.2) is 26.0 Å². The van der Waals surface area contributed by atoms with Gasteiger partial charge in [-0.25, -0.2) is 14.3 Å². The predicted molar refractivity (Wildman–Crippen MR) is 96.9 cm³/mol. The van der Waals surface area contributed by atoms with Crippen LogP contribution < -0.4 is 0 Å². The smallest absolute Gasteiger partial charge is 0.420 e. The fraction of sp³-hybridized carbons (Fsp3) is 0.176. The first-order chi connectivity index (χ1) is 11.3. The summed E-state index contributed by atoms with van der Waals surface area (Å²) in [4.78, 5) is 16.8. The zero-order chi connectivity index (χ0) is 17.3. The number of carbonyl (C=O) groups excluding carboxylic acids is 1. The van der Waals surface area contributed by atoms with Crippen molar-refractivity contribution in [3.63, 3.8) is 0 Å². The first kappa shape index (κ1) is 17.1. The van der Waals surface area contributed by atoms with Crippen molar-refractivity contribution in [3.8, 4) is 11.3 Å². The van der Waals surface area contributed by atoms with Crippen molar-refractivity contribution in [2.75, 3.05) is 6.61 Å². The molecule has 0 bridgehead atoms. The highest BCUT2D eigenvalue weighted by atomic mass is 35.6. The van der Waals surface area contributed by atoms with Crippen molar-refractivity contribution >= 4 is 51.9 Å². The average molecular weight is 384 g/mol. The van der Waals surface area contributed by atoms with E-state index in [4.69, 9.17) is 39.5 Å². The number of rotatable bonds is 2. The molecule has 0 radical (unpaired) electrons. The van der Waals surface area contributed by atoms with Gasteiger partial charge in [-0.05, 0) is 30.7 Å². The number of hydrogen-bond donors (Lipinski definition) is 0. The third-order valence-corrected chi connectivity index (χ3v) is 3.78. The molecule has 0 aliphatic heterocycles. The standard InChI is InChI=1S/C17H13Cl3N2O2/c1-11-4-6-12(7-5-11)14-9-13-3-2-8-21-15(13)22(14)16(23)24-10-17(18,19)20/h2-9H,10H2,1H3. The van der Waals surface area contributed by atoms with Gasteiger partial charge >= 0.3 is 6.09 Å². The summed E-state index contributed by atoms with van der Waals surface area (Å²) in [7, 11) is 0. The molecule has 0 aliphatic carbocycles. The lowest BCUT2D eigenvalue weighted by Crippen LogP contribution is -2.21. The minimum absolute atomic E-state index is 0.351. The van der Waals surface area contributed by atoms with Crippen LogP contribution in [0, 0.1) is 6.92 Å². The van der Waals surface area contributed by atoms with Gasteiger partial charge in [0.15, 0.2) is 0 Å². The lowest BCUT2D eigenvalue weighted by molar-refractivity contribution is 0.151. The summed E-state index contributed by atoms with van der Waals surface area (Å²) in [6.07, 6.45) is 0.963. The number of ether oxygens (including phenoxy) is 1. The van der Waals surface area contributed by atoms with Crippen molar-refractivity contribution in [2.45, 2.75) is 10.7 Å². The van der Waals surface area contributed by atoms with Crippen molar-refractivity contribution in [3.05, 3.63) is 54.2 Å². The SMILES string of the molecule is Cc1ccc(-c2cc3cccnc3n2C(=O)OCC(Cl)(Cl)Cl)cc1. The van der Waals surface area contributed by atoms with E-state index in [-0.39, 0.29) is 6.61 Å². The fourth-order valence-corrected chi connectivity index (χ4v) is 2.53. The van der Waals surface area contributed by atoms with Crippen molar-refractivity contribution < 1.29 is 9.53 Å². The molecular formula is C17H13Cl3N2O2. The molecule has 0 unspecified atom stereocenters. The van der Waals surface area contributed by atoms with E-state index in [0.29, 0.717) is 11.3 Å². The van der Waals surface area contributed by atoms with Gasteiger partial charge in [0.2, 0.25) is 3.79 Å². The van der Waals surface area contributed by atoms with Crippen LogP contribution in [0.3, 0.4) is 0 Å². The van der Waals surface area contributed by atoms with E-state index in [2.05, 4.69) is 4.98 Å². The first-order valence-electron chi connectivity index (χ1n) is 7.12. The van der Waals surface area contributed by atoms with Crippen LogP contribution in [0.15, 0.2) is 48.7 Å². The second-order valence-corrected chi connectivity index (χ2v) is 7.83. The van der Waals surface area contributed by atoms with Crippen molar-refractivity contribution in [1.82, 2.24) is 9.55 Å². The highest BCUT2D eigenvalue weighted by molar-refractivity contribution is 6.67. The Kier molecular flexibility index (Phi) is 4.72. The summed E-state index contributed by atoms with van der Waals surface area (Å²) in [5.41, 5.74) is 3.14. The lowest BCUT2D eigenvalue weighted by Gasteiger charge is -2.13. The zero-order valence-electron chi connectivity index (χ0n) is 12.7. The Balaban J connectivity index is 2.08. The van der Waals surface area contributed by atoms with Gasteiger partial charge in [0, 0.05) is 11.6 Å². The Hall–Kier alpha value is -1.75. The second kappa shape index (κ2) is 6.63. The third-order valence-electron chi connectivity index (χ3n) is 3.45. The molecule has 124 valence electrons. The molecule has 0 atom stereocenters. The number of hydrogen-bond acceptors (Lipinski definition) is 3. The Morgan fingerprint density at radius 1 is 1.21 bits per heavy atom. The Labute approximate surface area is 153 Å². The molecule has 24 heavy (non-hydrogen) atoms. The van der Waals surface area contributed by atoms with E-state index in [1.54, 1.807) is 12.3 Å². The number of alkyl halides is 3. The predicted octanol–water partition coefficient (Wildman–Crippen LogP) is 5.37. The molecule has 0 amide bonds. The molecule has 3 aromatic rings. The van der Waals surface area contributed by atoms with Crippen molar-refractivity contribution in [1.29, 1.82) is 0 Å². The second-order valence-electron chi connectivity index (χ2n) is 5.32. The molecule has 0 saturated carbocycles. The van der Waals surface area contributed by atoms with Gasteiger partial charge in [-0.3, -0.25) is 0 Å². The quantitative estimate of drug-likeness (QED) is 0.559. The van der Waals surface area contributed by atoms with E-state index < -0.39 is 9.89 Å². The molecule has 4 nitrogen and oxygen atoms in total. The van der Waals surface area contributed by atoms with E-state index in [9.17, 15) is 4.79 Å². The lowest BCUT2D eigenvalue weighted by atomic mass is 10.1. The molecule has 2 aromatic heterocycles. The van der Waals surface area contributed by atoms with E-state index in [0.717, 1.165) is 16.5 Å². The average Bonchev–Trinajstić information content (AvgIpc) is 2.92. The van der Waals surface area contributed by atoms with Crippen LogP contribution in [0.1, 0.15) is 5.56 Å². The number of carbonyl (C=O) groups is 1. The van der Waals surface area contributed by atoms with Gasteiger partial charge in [-0.15, -0.1) is 0 Å². The highest BCUT2D eigenvalue weighted by Gasteiger charge is 2.25. The number of aryl methyl sites for hydroxylation is 1. The Bertz CT molecular complexity index is 883. The number of halogens is 3. The topological polar surface area (TPSA) is 44.1 Å². The molecule has 3 rings (SSSR count). The van der Waals surface area contributed by atoms with Gasteiger partial charge in [0.1, 0.15) is 12.3 Å². The van der Waals surface area contributed by atoms with Crippen LogP contribution >= 0.6 is 34.8 Å². The maximum absolute atomic E-state index is 12.6. The molecule has 0 N–H and O–H groups in total. The summed E-state index contributed by atoms with van der Waals surface area (Å²) < 4.78 is 4.85. The Morgan fingerprint density at radius 2 is 1.92 bits per heavy atom. The summed E-state index contributed by atoms with van der Waals surface area (Å²) in [6, 6.07) is 13.4. The normalized spacial score (nSPS) is 11.7. The summed E-state index contributed by atoms with van der Waals surface area (Å²) >= 11 is 17.0. The third kappa shape index (κ3) is 3.66. The summed E-state index contributed by atoms with van der Waals surface area (Å²) in [5.74, 6) is 0. The molecule has 2 heterocycles. The van der Waals surface area contributed by atoms with Crippen LogP contribution in [0.2, 0.25) is 0 Å². The maximum atomic E-state index is 12.6. The van der Waals surface area contributed by atoms with Gasteiger partial charge < -0.3 is 4.74 Å². The minimum atomic E-state index is -1.67. The van der Waals surface area contributed by atoms with E-state index >= 15 is 0 Å². The highest BCUT2D eigenvalue weighted by Crippen LogP contribution is 2.29. The molecule has 0 spiro atoms. The van der Waals surface area contributed by atoms with Crippen LogP contribution in [0.4, 0.5) is 4.79 Å². The van der Waals surface area contributed by atoms with E-state index in [1.165, 1.54) is 4.57 Å². The van der Waals surface area contributed by atoms with Crippen LogP contribution in [0.5, 0.6) is 0 Å². The van der Waals surface area contributed by atoms with Gasteiger partial charge in [-0.1, -0.05) is 64.6 Å². The van der Waals surface area contributed by atoms with Crippen LogP contribution in [-0.2, 0) is 4.74 Å². The van der Waals surface area contributed by atoms with Crippen LogP contribution in [0.25, 0.3) is 22.3 Å². The molecule has 0 saturated heterocycles. The zero-order valence-corrected chi connectivity index (χ0v) is 14.9. The first-order valence-corrected chi connectivity index (χ1v) is 8.26. The molecule has 1 aromatic carbocycles. The summed E-state index contributed by atoms with van der Waals surface area (Å²) in [5, 5.41) is 0.818. The largest absolute Gasteiger partial charge is 0.444 e. The van der Waals surface area contributed by atoms with Gasteiger partial charge in [0.05, 0.1) is 5.69 Å². The molecule has 7 heteroatoms. The number of fused-ring (bicyclic) bond motifs is 1. The van der Waals surface area contributed by atoms with Gasteiger partial charge in [-0.2, -0.15) is 0 Å². The summed E-state index contributed by atoms with van der Waals surface area (Å²) in [6.45, 7) is 1.65. The monoisotopic (exact) mass is 382 g/mol. The number of aromatic nitrogens is 2. The number of nitrogens with zero attached hydrogens (tertiary/aromatic N) is 2. The minimum Gasteiger partial charge on any atom is -0.444 e. The fourth-order valence-electron chi connectivity index (χ4n) is 2.36.